The lowest BCUT2D eigenvalue weighted by atomic mass is 9.97. The molecule has 0 radical (unpaired) electrons. The van der Waals surface area contributed by atoms with E-state index in [1.165, 1.54) is 0 Å². The minimum absolute atomic E-state index is 0.513. The molecule has 4 heterocycles. The number of nitrogens with two attached hydrogens (primary N) is 1. The summed E-state index contributed by atoms with van der Waals surface area (Å²) in [7, 11) is 0. The van der Waals surface area contributed by atoms with E-state index in [2.05, 4.69) is 49.3 Å². The quantitative estimate of drug-likeness (QED) is 0.435. The summed E-state index contributed by atoms with van der Waals surface area (Å²) in [5.74, 6) is 0.665. The SMILES string of the molecule is NCc1ccc(-c2nc3ccn4c(-c5cnsn5)nnc4c3cc2-c2ccccc2)cc1. The van der Waals surface area contributed by atoms with Gasteiger partial charge in [0.05, 0.1) is 29.1 Å². The topological polar surface area (TPSA) is 94.9 Å². The van der Waals surface area contributed by atoms with E-state index in [0.717, 1.165) is 56.2 Å². The van der Waals surface area contributed by atoms with Gasteiger partial charge in [-0.05, 0) is 23.3 Å². The Morgan fingerprint density at radius 3 is 2.50 bits per heavy atom. The van der Waals surface area contributed by atoms with Gasteiger partial charge in [0.15, 0.2) is 11.5 Å². The fourth-order valence-corrected chi connectivity index (χ4v) is 4.30. The third kappa shape index (κ3) is 3.05. The van der Waals surface area contributed by atoms with Gasteiger partial charge < -0.3 is 5.73 Å². The zero-order chi connectivity index (χ0) is 21.5. The van der Waals surface area contributed by atoms with Crippen molar-refractivity contribution in [3.63, 3.8) is 0 Å². The second-order valence-electron chi connectivity index (χ2n) is 7.41. The van der Waals surface area contributed by atoms with Crippen molar-refractivity contribution in [3.8, 4) is 33.9 Å². The van der Waals surface area contributed by atoms with E-state index in [4.69, 9.17) is 10.7 Å². The Balaban J connectivity index is 1.63. The molecule has 7 nitrogen and oxygen atoms in total. The number of nitrogens with zero attached hydrogens (tertiary/aromatic N) is 6. The molecule has 0 aliphatic carbocycles. The van der Waals surface area contributed by atoms with Crippen molar-refractivity contribution in [3.05, 3.63) is 84.7 Å². The Kier molecular flexibility index (Phi) is 4.45. The average Bonchev–Trinajstić information content (AvgIpc) is 3.54. The van der Waals surface area contributed by atoms with Gasteiger partial charge in [0, 0.05) is 29.3 Å². The monoisotopic (exact) mass is 435 g/mol. The highest BCUT2D eigenvalue weighted by Crippen LogP contribution is 2.35. The summed E-state index contributed by atoms with van der Waals surface area (Å²) in [6.07, 6.45) is 3.63. The smallest absolute Gasteiger partial charge is 0.189 e. The molecule has 2 N–H and O–H groups in total. The number of hydrogen-bond donors (Lipinski definition) is 1. The molecule has 2 aromatic carbocycles. The Bertz CT molecular complexity index is 1540. The van der Waals surface area contributed by atoms with E-state index in [1.807, 2.05) is 47.0 Å². The maximum atomic E-state index is 5.79. The second-order valence-corrected chi connectivity index (χ2v) is 7.97. The average molecular weight is 436 g/mol. The Labute approximate surface area is 187 Å². The first-order chi connectivity index (χ1) is 15.8. The van der Waals surface area contributed by atoms with Crippen LogP contribution in [0.4, 0.5) is 0 Å². The molecule has 6 rings (SSSR count). The van der Waals surface area contributed by atoms with Crippen LogP contribution in [0.2, 0.25) is 0 Å². The molecule has 154 valence electrons. The Morgan fingerprint density at radius 1 is 0.906 bits per heavy atom. The number of benzene rings is 2. The number of hydrogen-bond acceptors (Lipinski definition) is 7. The van der Waals surface area contributed by atoms with E-state index in [0.29, 0.717) is 18.1 Å². The summed E-state index contributed by atoms with van der Waals surface area (Å²) in [6.45, 7) is 0.513. The van der Waals surface area contributed by atoms with Crippen molar-refractivity contribution in [2.45, 2.75) is 6.54 Å². The Hall–Kier alpha value is -4.01. The van der Waals surface area contributed by atoms with E-state index < -0.39 is 0 Å². The summed E-state index contributed by atoms with van der Waals surface area (Å²) in [5, 5.41) is 9.75. The number of pyridine rings is 2. The van der Waals surface area contributed by atoms with Crippen LogP contribution in [0.15, 0.2) is 79.1 Å². The lowest BCUT2D eigenvalue weighted by molar-refractivity contribution is 1.07. The minimum Gasteiger partial charge on any atom is -0.326 e. The molecule has 0 unspecified atom stereocenters. The molecule has 4 aromatic heterocycles. The fourth-order valence-electron chi connectivity index (χ4n) is 3.89. The first kappa shape index (κ1) is 18.7. The van der Waals surface area contributed by atoms with Crippen molar-refractivity contribution in [2.75, 3.05) is 0 Å². The highest BCUT2D eigenvalue weighted by molar-refractivity contribution is 6.99. The molecule has 0 aliphatic heterocycles. The summed E-state index contributed by atoms with van der Waals surface area (Å²) < 4.78 is 10.3. The third-order valence-electron chi connectivity index (χ3n) is 5.51. The largest absolute Gasteiger partial charge is 0.326 e. The van der Waals surface area contributed by atoms with Gasteiger partial charge in [0.25, 0.3) is 0 Å². The number of fused-ring (bicyclic) bond motifs is 3. The highest BCUT2D eigenvalue weighted by Gasteiger charge is 2.17. The van der Waals surface area contributed by atoms with Crippen LogP contribution in [-0.4, -0.2) is 28.3 Å². The van der Waals surface area contributed by atoms with Gasteiger partial charge >= 0.3 is 0 Å². The molecule has 0 aliphatic rings. The zero-order valence-corrected chi connectivity index (χ0v) is 17.7. The maximum Gasteiger partial charge on any atom is 0.189 e. The van der Waals surface area contributed by atoms with Crippen LogP contribution in [0, 0.1) is 0 Å². The minimum atomic E-state index is 0.513. The first-order valence-corrected chi connectivity index (χ1v) is 10.9. The molecule has 0 saturated heterocycles. The van der Waals surface area contributed by atoms with Gasteiger partial charge in [-0.25, -0.2) is 4.98 Å². The van der Waals surface area contributed by atoms with Gasteiger partial charge in [-0.3, -0.25) is 4.40 Å². The van der Waals surface area contributed by atoms with Gasteiger partial charge in [-0.1, -0.05) is 54.6 Å². The van der Waals surface area contributed by atoms with E-state index >= 15 is 0 Å². The zero-order valence-electron chi connectivity index (χ0n) is 16.9. The van der Waals surface area contributed by atoms with Gasteiger partial charge in [-0.2, -0.15) is 8.75 Å². The molecular formula is C24H17N7S. The van der Waals surface area contributed by atoms with Crippen LogP contribution in [0.25, 0.3) is 50.5 Å². The van der Waals surface area contributed by atoms with E-state index in [-0.39, 0.29) is 0 Å². The fraction of sp³-hybridized carbons (Fsp3) is 0.0417. The number of rotatable bonds is 4. The molecule has 0 spiro atoms. The maximum absolute atomic E-state index is 5.79. The van der Waals surface area contributed by atoms with Gasteiger partial charge in [0.1, 0.15) is 5.69 Å². The van der Waals surface area contributed by atoms with Crippen molar-refractivity contribution < 1.29 is 0 Å². The van der Waals surface area contributed by atoms with Crippen LogP contribution >= 0.6 is 11.7 Å². The lowest BCUT2D eigenvalue weighted by Crippen LogP contribution is -1.97. The van der Waals surface area contributed by atoms with Gasteiger partial charge in [0.2, 0.25) is 0 Å². The summed E-state index contributed by atoms with van der Waals surface area (Å²) in [6, 6.07) is 22.7. The van der Waals surface area contributed by atoms with Crippen LogP contribution in [-0.2, 0) is 6.54 Å². The van der Waals surface area contributed by atoms with Gasteiger partial charge in [-0.15, -0.1) is 10.2 Å². The summed E-state index contributed by atoms with van der Waals surface area (Å²) in [4.78, 5) is 5.06. The molecule has 0 bridgehead atoms. The van der Waals surface area contributed by atoms with Crippen LogP contribution < -0.4 is 5.73 Å². The van der Waals surface area contributed by atoms with Crippen LogP contribution in [0.3, 0.4) is 0 Å². The van der Waals surface area contributed by atoms with Crippen LogP contribution in [0.5, 0.6) is 0 Å². The molecule has 32 heavy (non-hydrogen) atoms. The molecule has 0 fully saturated rings. The molecule has 0 saturated carbocycles. The second kappa shape index (κ2) is 7.60. The normalized spacial score (nSPS) is 11.4. The third-order valence-corrected chi connectivity index (χ3v) is 5.99. The molecule has 0 atom stereocenters. The van der Waals surface area contributed by atoms with E-state index in [9.17, 15) is 0 Å². The van der Waals surface area contributed by atoms with Crippen molar-refractivity contribution in [1.82, 2.24) is 28.3 Å². The standard InChI is InChI=1S/C24H17N7S/c25-13-15-6-8-17(9-7-15)22-18(16-4-2-1-3-5-16)12-19-20(27-22)10-11-31-23(19)28-29-24(31)21-14-26-32-30-21/h1-12,14H,13,25H2. The summed E-state index contributed by atoms with van der Waals surface area (Å²) in [5.41, 5.74) is 13.2. The van der Waals surface area contributed by atoms with Crippen molar-refractivity contribution >= 4 is 28.3 Å². The lowest BCUT2D eigenvalue weighted by Gasteiger charge is -2.12. The van der Waals surface area contributed by atoms with Crippen molar-refractivity contribution in [1.29, 1.82) is 0 Å². The molecular weight excluding hydrogens is 418 g/mol. The summed E-state index contributed by atoms with van der Waals surface area (Å²) >= 11 is 1.15. The van der Waals surface area contributed by atoms with Crippen LogP contribution in [0.1, 0.15) is 5.56 Å². The molecule has 8 heteroatoms. The highest BCUT2D eigenvalue weighted by atomic mass is 32.1. The number of aromatic nitrogens is 6. The first-order valence-electron chi connectivity index (χ1n) is 10.1. The molecule has 6 aromatic rings. The Morgan fingerprint density at radius 2 is 1.75 bits per heavy atom. The predicted octanol–water partition coefficient (Wildman–Crippen LogP) is 4.59. The van der Waals surface area contributed by atoms with E-state index in [1.54, 1.807) is 6.20 Å². The predicted molar refractivity (Wildman–Crippen MR) is 126 cm³/mol. The van der Waals surface area contributed by atoms with Crippen molar-refractivity contribution in [2.24, 2.45) is 5.73 Å². The molecule has 0 amide bonds.